The number of esters is 1. The third kappa shape index (κ3) is 4.52. The van der Waals surface area contributed by atoms with Gasteiger partial charge in [-0.3, -0.25) is 10.0 Å². The van der Waals surface area contributed by atoms with E-state index in [-0.39, 0.29) is 0 Å². The van der Waals surface area contributed by atoms with Crippen LogP contribution in [0.5, 0.6) is 0 Å². The van der Waals surface area contributed by atoms with Crippen LogP contribution in [0.25, 0.3) is 17.3 Å². The molecule has 7 nitrogen and oxygen atoms in total. The zero-order valence-corrected chi connectivity index (χ0v) is 15.2. The second-order valence-electron chi connectivity index (χ2n) is 6.00. The number of amides is 1. The molecule has 7 heteroatoms. The van der Waals surface area contributed by atoms with E-state index in [1.54, 1.807) is 11.6 Å². The van der Waals surface area contributed by atoms with Crippen LogP contribution in [0, 0.1) is 0 Å². The highest BCUT2D eigenvalue weighted by molar-refractivity contribution is 5.94. The zero-order chi connectivity index (χ0) is 19.9. The SMILES string of the molecule is COC(=O)c1[nH]c(Cc2cccc(C=CC(=O)NO)c2)nc1-c1ccccc1. The summed E-state index contributed by atoms with van der Waals surface area (Å²) < 4.78 is 4.87. The van der Waals surface area contributed by atoms with Gasteiger partial charge < -0.3 is 9.72 Å². The molecule has 3 rings (SSSR count). The Bertz CT molecular complexity index is 1010. The Kier molecular flexibility index (Phi) is 5.98. The zero-order valence-electron chi connectivity index (χ0n) is 15.2. The molecule has 0 aliphatic rings. The largest absolute Gasteiger partial charge is 0.464 e. The molecule has 3 N–H and O–H groups in total. The summed E-state index contributed by atoms with van der Waals surface area (Å²) in [6, 6.07) is 16.9. The van der Waals surface area contributed by atoms with Crippen LogP contribution in [0.1, 0.15) is 27.4 Å². The summed E-state index contributed by atoms with van der Waals surface area (Å²) in [7, 11) is 1.33. The molecule has 0 aliphatic heterocycles. The first-order valence-corrected chi connectivity index (χ1v) is 8.54. The van der Waals surface area contributed by atoms with Gasteiger partial charge >= 0.3 is 5.97 Å². The third-order valence-corrected chi connectivity index (χ3v) is 4.05. The van der Waals surface area contributed by atoms with Crippen molar-refractivity contribution in [3.8, 4) is 11.3 Å². The second kappa shape index (κ2) is 8.79. The summed E-state index contributed by atoms with van der Waals surface area (Å²) in [6.07, 6.45) is 3.28. The summed E-state index contributed by atoms with van der Waals surface area (Å²) in [6.45, 7) is 0. The lowest BCUT2D eigenvalue weighted by molar-refractivity contribution is -0.124. The number of methoxy groups -OCH3 is 1. The number of carbonyl (C=O) groups excluding carboxylic acids is 2. The number of ether oxygens (including phenoxy) is 1. The van der Waals surface area contributed by atoms with E-state index in [4.69, 9.17) is 9.94 Å². The van der Waals surface area contributed by atoms with E-state index in [9.17, 15) is 9.59 Å². The van der Waals surface area contributed by atoms with Crippen LogP contribution in [0.3, 0.4) is 0 Å². The summed E-state index contributed by atoms with van der Waals surface area (Å²) >= 11 is 0. The number of H-pyrrole nitrogens is 1. The second-order valence-corrected chi connectivity index (χ2v) is 6.00. The van der Waals surface area contributed by atoms with Gasteiger partial charge in [-0.25, -0.2) is 15.3 Å². The molecule has 142 valence electrons. The van der Waals surface area contributed by atoms with Gasteiger partial charge in [-0.05, 0) is 17.2 Å². The number of aromatic amines is 1. The Morgan fingerprint density at radius 3 is 2.68 bits per heavy atom. The van der Waals surface area contributed by atoms with Crippen molar-refractivity contribution in [2.24, 2.45) is 0 Å². The third-order valence-electron chi connectivity index (χ3n) is 4.05. The Labute approximate surface area is 161 Å². The van der Waals surface area contributed by atoms with Crippen LogP contribution >= 0.6 is 0 Å². The van der Waals surface area contributed by atoms with Crippen molar-refractivity contribution in [3.63, 3.8) is 0 Å². The Morgan fingerprint density at radius 2 is 1.96 bits per heavy atom. The van der Waals surface area contributed by atoms with E-state index in [0.29, 0.717) is 23.6 Å². The van der Waals surface area contributed by atoms with Gasteiger partial charge in [0.2, 0.25) is 0 Å². The molecule has 0 bridgehead atoms. The van der Waals surface area contributed by atoms with Crippen molar-refractivity contribution in [2.75, 3.05) is 7.11 Å². The Hall–Kier alpha value is -3.71. The van der Waals surface area contributed by atoms with Crippen LogP contribution in [0.15, 0.2) is 60.7 Å². The molecular formula is C21H19N3O4. The van der Waals surface area contributed by atoms with Crippen LogP contribution < -0.4 is 5.48 Å². The number of aromatic nitrogens is 2. The minimum absolute atomic E-state index is 0.305. The fourth-order valence-corrected chi connectivity index (χ4v) is 2.77. The topological polar surface area (TPSA) is 104 Å². The van der Waals surface area contributed by atoms with Crippen molar-refractivity contribution in [1.29, 1.82) is 0 Å². The molecule has 0 aliphatic carbocycles. The molecule has 3 aromatic rings. The molecular weight excluding hydrogens is 358 g/mol. The lowest BCUT2D eigenvalue weighted by atomic mass is 10.1. The minimum atomic E-state index is -0.605. The van der Waals surface area contributed by atoms with E-state index in [2.05, 4.69) is 9.97 Å². The number of rotatable bonds is 6. The van der Waals surface area contributed by atoms with Gasteiger partial charge in [0.1, 0.15) is 11.5 Å². The quantitative estimate of drug-likeness (QED) is 0.265. The highest BCUT2D eigenvalue weighted by Crippen LogP contribution is 2.23. The summed E-state index contributed by atoms with van der Waals surface area (Å²) in [5.74, 6) is -0.468. The smallest absolute Gasteiger partial charge is 0.356 e. The predicted molar refractivity (Wildman–Crippen MR) is 104 cm³/mol. The first-order valence-electron chi connectivity index (χ1n) is 8.54. The van der Waals surface area contributed by atoms with Gasteiger partial charge in [-0.15, -0.1) is 0 Å². The molecule has 0 fully saturated rings. The normalized spacial score (nSPS) is 10.8. The summed E-state index contributed by atoms with van der Waals surface area (Å²) in [5.41, 5.74) is 4.94. The Morgan fingerprint density at radius 1 is 1.18 bits per heavy atom. The number of imidazole rings is 1. The van der Waals surface area contributed by atoms with E-state index in [1.165, 1.54) is 13.2 Å². The number of nitrogens with one attached hydrogen (secondary N) is 2. The maximum Gasteiger partial charge on any atom is 0.356 e. The van der Waals surface area contributed by atoms with Gasteiger partial charge in [-0.1, -0.05) is 54.6 Å². The van der Waals surface area contributed by atoms with Crippen molar-refractivity contribution in [2.45, 2.75) is 6.42 Å². The van der Waals surface area contributed by atoms with Gasteiger partial charge in [0.15, 0.2) is 5.69 Å². The number of hydrogen-bond donors (Lipinski definition) is 3. The average Bonchev–Trinajstić information content (AvgIpc) is 3.16. The molecule has 1 aromatic heterocycles. The highest BCUT2D eigenvalue weighted by atomic mass is 16.5. The van der Waals surface area contributed by atoms with Crippen molar-refractivity contribution in [3.05, 3.63) is 83.3 Å². The molecule has 0 atom stereocenters. The van der Waals surface area contributed by atoms with Crippen LogP contribution in [0.2, 0.25) is 0 Å². The fraction of sp³-hybridized carbons (Fsp3) is 0.0952. The van der Waals surface area contributed by atoms with Crippen molar-refractivity contribution in [1.82, 2.24) is 15.4 Å². The molecule has 28 heavy (non-hydrogen) atoms. The van der Waals surface area contributed by atoms with E-state index in [1.807, 2.05) is 54.6 Å². The number of hydrogen-bond acceptors (Lipinski definition) is 5. The number of hydroxylamine groups is 1. The monoisotopic (exact) mass is 377 g/mol. The molecule has 0 spiro atoms. The number of nitrogens with zero attached hydrogens (tertiary/aromatic N) is 1. The fourth-order valence-electron chi connectivity index (χ4n) is 2.77. The summed E-state index contributed by atoms with van der Waals surface area (Å²) in [5, 5.41) is 8.55. The highest BCUT2D eigenvalue weighted by Gasteiger charge is 2.19. The van der Waals surface area contributed by atoms with Crippen LogP contribution in [-0.2, 0) is 16.0 Å². The predicted octanol–water partition coefficient (Wildman–Crippen LogP) is 2.97. The maximum absolute atomic E-state index is 12.1. The van der Waals surface area contributed by atoms with Crippen LogP contribution in [-0.4, -0.2) is 34.2 Å². The molecule has 1 amide bonds. The molecule has 0 unspecified atom stereocenters. The van der Waals surface area contributed by atoms with Gasteiger partial charge in [0.05, 0.1) is 7.11 Å². The van der Waals surface area contributed by atoms with Crippen molar-refractivity contribution >= 4 is 18.0 Å². The van der Waals surface area contributed by atoms with E-state index < -0.39 is 11.9 Å². The number of benzene rings is 2. The van der Waals surface area contributed by atoms with Crippen molar-refractivity contribution < 1.29 is 19.5 Å². The Balaban J connectivity index is 1.89. The molecule has 1 heterocycles. The molecule has 0 saturated carbocycles. The number of carbonyl (C=O) groups is 2. The standard InChI is InChI=1S/C21H19N3O4/c1-28-21(26)20-19(16-8-3-2-4-9-16)22-17(23-20)13-15-7-5-6-14(12-15)10-11-18(25)24-27/h2-12,27H,13H2,1H3,(H,22,23)(H,24,25). The first kappa shape index (κ1) is 19.1. The van der Waals surface area contributed by atoms with E-state index in [0.717, 1.165) is 16.7 Å². The van der Waals surface area contributed by atoms with Gasteiger partial charge in [0, 0.05) is 18.1 Å². The van der Waals surface area contributed by atoms with E-state index >= 15 is 0 Å². The first-order chi connectivity index (χ1) is 13.6. The molecule has 0 saturated heterocycles. The lowest BCUT2D eigenvalue weighted by Crippen LogP contribution is -2.14. The van der Waals surface area contributed by atoms with Gasteiger partial charge in [-0.2, -0.15) is 0 Å². The van der Waals surface area contributed by atoms with Crippen LogP contribution in [0.4, 0.5) is 0 Å². The van der Waals surface area contributed by atoms with Gasteiger partial charge in [0.25, 0.3) is 5.91 Å². The summed E-state index contributed by atoms with van der Waals surface area (Å²) in [4.78, 5) is 30.9. The lowest BCUT2D eigenvalue weighted by Gasteiger charge is -2.01. The average molecular weight is 377 g/mol. The molecule has 0 radical (unpaired) electrons. The maximum atomic E-state index is 12.1. The minimum Gasteiger partial charge on any atom is -0.464 e. The molecule has 2 aromatic carbocycles.